The maximum absolute atomic E-state index is 14.2. The molecule has 0 aliphatic rings. The highest BCUT2D eigenvalue weighted by molar-refractivity contribution is 5.67. The van der Waals surface area contributed by atoms with Gasteiger partial charge in [-0.25, -0.2) is 0 Å². The van der Waals surface area contributed by atoms with E-state index < -0.39 is 187 Å². The molecule has 0 heterocycles. The zero-order valence-electron chi connectivity index (χ0n) is 30.8. The third-order valence-corrected chi connectivity index (χ3v) is 9.21. The monoisotopic (exact) mass is 1000 g/mol. The summed E-state index contributed by atoms with van der Waals surface area (Å²) in [5.41, 5.74) is -18.0. The molecule has 0 fully saturated rings. The van der Waals surface area contributed by atoms with Crippen molar-refractivity contribution in [1.82, 2.24) is 0 Å². The van der Waals surface area contributed by atoms with Crippen LogP contribution in [0.3, 0.4) is 0 Å². The molecule has 0 saturated carbocycles. The first-order chi connectivity index (χ1) is 29.1. The highest BCUT2D eigenvalue weighted by Gasteiger charge is 2.76. The van der Waals surface area contributed by atoms with Crippen LogP contribution >= 0.6 is 0 Å². The fourth-order valence-corrected chi connectivity index (χ4v) is 6.38. The van der Waals surface area contributed by atoms with Crippen molar-refractivity contribution in [2.75, 3.05) is 22.9 Å². The summed E-state index contributed by atoms with van der Waals surface area (Å²) in [6, 6.07) is -4.36. The van der Waals surface area contributed by atoms with E-state index in [1.165, 1.54) is 0 Å². The van der Waals surface area contributed by atoms with Gasteiger partial charge in [0.1, 0.15) is 11.5 Å². The van der Waals surface area contributed by atoms with Crippen molar-refractivity contribution in [1.29, 1.82) is 0 Å². The zero-order valence-corrected chi connectivity index (χ0v) is 30.8. The van der Waals surface area contributed by atoms with Gasteiger partial charge in [-0.05, 0) is 70.8 Å². The molecule has 4 rings (SSSR count). The van der Waals surface area contributed by atoms with E-state index in [9.17, 15) is 126 Å². The smallest absolute Gasteiger partial charge is 0.420 e. The number of phenolic OH excluding ortho intramolecular Hbond substituents is 4. The van der Waals surface area contributed by atoms with Crippen molar-refractivity contribution >= 4 is 22.7 Å². The second-order valence-electron chi connectivity index (χ2n) is 13.3. The molecule has 0 unspecified atom stereocenters. The lowest BCUT2D eigenvalue weighted by Gasteiger charge is -2.41. The number of hydrogen-bond acceptors (Lipinski definition) is 8. The topological polar surface area (TPSA) is 185 Å². The molecule has 0 saturated heterocycles. The second kappa shape index (κ2) is 16.2. The Morgan fingerprint density at radius 3 is 0.727 bits per heavy atom. The van der Waals surface area contributed by atoms with Gasteiger partial charge in [0.05, 0.1) is 45.0 Å². The molecule has 0 radical (unpaired) electrons. The van der Waals surface area contributed by atoms with E-state index in [0.717, 1.165) is 0 Å². The van der Waals surface area contributed by atoms with E-state index in [1.807, 2.05) is 0 Å². The quantitative estimate of drug-likeness (QED) is 0.0564. The van der Waals surface area contributed by atoms with Crippen LogP contribution in [0.2, 0.25) is 0 Å². The molecule has 0 aliphatic heterocycles. The number of hydrogen-bond donors (Lipinski definition) is 8. The van der Waals surface area contributed by atoms with Gasteiger partial charge >= 0.3 is 49.4 Å². The SMILES string of the molecule is Nc1cc(C(c2cc(N)c(O)c(C(F)(F)F)c2)(C(F)(F)F)C(F)(F)F)cc(C(F)(F)F)c1O.Nc1cc(C(c2cc(N)c(O)cc2C(F)(F)F)(C(F)(F)F)C(F)(F)F)c(C(F)(F)F)cc1O. The Morgan fingerprint density at radius 2 is 0.515 bits per heavy atom. The van der Waals surface area contributed by atoms with Crippen LogP contribution in [-0.4, -0.2) is 45.1 Å². The van der Waals surface area contributed by atoms with Crippen LogP contribution in [-0.2, 0) is 35.5 Å². The van der Waals surface area contributed by atoms with Crippen LogP contribution in [0.4, 0.5) is 128 Å². The van der Waals surface area contributed by atoms with Gasteiger partial charge in [-0.15, -0.1) is 0 Å². The predicted molar refractivity (Wildman–Crippen MR) is 176 cm³/mol. The van der Waals surface area contributed by atoms with Crippen molar-refractivity contribution in [2.24, 2.45) is 0 Å². The summed E-state index contributed by atoms with van der Waals surface area (Å²) in [5, 5.41) is 37.6. The summed E-state index contributed by atoms with van der Waals surface area (Å²) in [6.45, 7) is 0. The molecule has 368 valence electrons. The van der Waals surface area contributed by atoms with Crippen molar-refractivity contribution in [2.45, 2.75) is 60.2 Å². The number of nitrogen functional groups attached to an aromatic ring is 4. The van der Waals surface area contributed by atoms with Crippen molar-refractivity contribution in [3.63, 3.8) is 0 Å². The van der Waals surface area contributed by atoms with E-state index in [0.29, 0.717) is 0 Å². The fourth-order valence-electron chi connectivity index (χ4n) is 6.38. The minimum atomic E-state index is -6.90. The average molecular weight is 1000 g/mol. The summed E-state index contributed by atoms with van der Waals surface area (Å²) in [4.78, 5) is 0. The van der Waals surface area contributed by atoms with Crippen molar-refractivity contribution in [3.05, 3.63) is 93.0 Å². The van der Waals surface area contributed by atoms with Crippen LogP contribution in [0.15, 0.2) is 48.5 Å². The second-order valence-corrected chi connectivity index (χ2v) is 13.3. The summed E-state index contributed by atoms with van der Waals surface area (Å²) < 4.78 is 329. The molecule has 0 atom stereocenters. The Labute approximate surface area is 348 Å². The molecule has 4 aromatic rings. The molecule has 0 aliphatic carbocycles. The number of anilines is 4. The third-order valence-electron chi connectivity index (χ3n) is 9.21. The fraction of sp³-hybridized carbons (Fsp3) is 0.294. The van der Waals surface area contributed by atoms with Crippen LogP contribution in [0.1, 0.15) is 44.5 Å². The summed E-state index contributed by atoms with van der Waals surface area (Å²) in [6.07, 6.45) is -50.5. The Balaban J connectivity index is 0.000000350. The number of benzene rings is 4. The number of rotatable bonds is 4. The minimum Gasteiger partial charge on any atom is -0.506 e. The van der Waals surface area contributed by atoms with Gasteiger partial charge in [0, 0.05) is 0 Å². The van der Waals surface area contributed by atoms with Gasteiger partial charge in [-0.2, -0.15) is 105 Å². The van der Waals surface area contributed by atoms with Crippen LogP contribution in [0.5, 0.6) is 23.0 Å². The molecular weight excluding hydrogens is 984 g/mol. The Morgan fingerprint density at radius 1 is 0.273 bits per heavy atom. The van der Waals surface area contributed by atoms with Gasteiger partial charge in [0.2, 0.25) is 10.8 Å². The third kappa shape index (κ3) is 9.20. The first-order valence-electron chi connectivity index (χ1n) is 16.2. The van der Waals surface area contributed by atoms with Gasteiger partial charge < -0.3 is 43.4 Å². The standard InChI is InChI=1S/2C17H10F12N2O2/c18-14(19,20)7-3-11(32)9(30)1-5(7)13(16(24,25)26,17(27,28)29)6-2-10(31)12(33)4-8(6)15(21,22)23;18-14(19,20)7-1-5(3-9(30)11(7)32)13(16(24,25)26,17(27,28)29)6-2-8(15(21,22)23)12(33)10(31)4-6/h2*1-4,32-33H,30-31H2. The molecule has 12 N–H and O–H groups in total. The average Bonchev–Trinajstić information content (AvgIpc) is 3.06. The Bertz CT molecular complexity index is 2310. The first kappa shape index (κ1) is 53.9. The number of nitrogens with two attached hydrogens (primary N) is 4. The number of halogens is 24. The minimum absolute atomic E-state index is 0.304. The molecule has 66 heavy (non-hydrogen) atoms. The largest absolute Gasteiger partial charge is 0.506 e. The van der Waals surface area contributed by atoms with Gasteiger partial charge in [-0.3, -0.25) is 0 Å². The lowest BCUT2D eigenvalue weighted by atomic mass is 9.69. The van der Waals surface area contributed by atoms with Crippen LogP contribution < -0.4 is 22.9 Å². The molecule has 4 aromatic carbocycles. The number of alkyl halides is 24. The number of aromatic hydroxyl groups is 4. The molecule has 0 amide bonds. The van der Waals surface area contributed by atoms with Gasteiger partial charge in [0.15, 0.2) is 11.5 Å². The van der Waals surface area contributed by atoms with Crippen molar-refractivity contribution < 1.29 is 126 Å². The predicted octanol–water partition coefficient (Wildman–Crippen LogP) is 11.4. The van der Waals surface area contributed by atoms with E-state index in [1.54, 1.807) is 0 Å². The molecule has 0 bridgehead atoms. The summed E-state index contributed by atoms with van der Waals surface area (Å²) in [7, 11) is 0. The molecular formula is C34H20F24N4O4. The Hall–Kier alpha value is -6.40. The summed E-state index contributed by atoms with van der Waals surface area (Å²) in [5.74, 6) is -6.95. The number of phenols is 4. The van der Waals surface area contributed by atoms with Crippen LogP contribution in [0.25, 0.3) is 0 Å². The normalized spacial score (nSPS) is 13.9. The lowest BCUT2D eigenvalue weighted by molar-refractivity contribution is -0.291. The lowest BCUT2D eigenvalue weighted by Crippen LogP contribution is -2.56. The molecule has 0 aromatic heterocycles. The highest BCUT2D eigenvalue weighted by atomic mass is 19.4. The van der Waals surface area contributed by atoms with E-state index >= 15 is 0 Å². The maximum Gasteiger partial charge on any atom is 0.420 e. The van der Waals surface area contributed by atoms with Crippen molar-refractivity contribution in [3.8, 4) is 23.0 Å². The van der Waals surface area contributed by atoms with Gasteiger partial charge in [0.25, 0.3) is 0 Å². The van der Waals surface area contributed by atoms with Gasteiger partial charge in [-0.1, -0.05) is 0 Å². The Kier molecular flexibility index (Phi) is 13.2. The zero-order chi connectivity index (χ0) is 51.9. The van der Waals surface area contributed by atoms with Crippen LogP contribution in [0, 0.1) is 0 Å². The molecule has 32 heteroatoms. The van der Waals surface area contributed by atoms with E-state index in [4.69, 9.17) is 22.9 Å². The molecule has 0 spiro atoms. The highest BCUT2D eigenvalue weighted by Crippen LogP contribution is 2.62. The molecule has 8 nitrogen and oxygen atoms in total. The van der Waals surface area contributed by atoms with E-state index in [-0.39, 0.29) is 12.1 Å². The maximum atomic E-state index is 14.2. The summed E-state index contributed by atoms with van der Waals surface area (Å²) >= 11 is 0. The first-order valence-corrected chi connectivity index (χ1v) is 16.2. The van der Waals surface area contributed by atoms with E-state index in [2.05, 4.69) is 0 Å².